The Morgan fingerprint density at radius 2 is 1.65 bits per heavy atom. The van der Waals surface area contributed by atoms with Gasteiger partial charge in [0.2, 0.25) is 20.0 Å². The van der Waals surface area contributed by atoms with Crippen molar-refractivity contribution < 1.29 is 21.6 Å². The molecule has 7 nitrogen and oxygen atoms in total. The number of hydrogen-bond donors (Lipinski definition) is 1. The summed E-state index contributed by atoms with van der Waals surface area (Å²) in [6, 6.07) is 5.20. The molecule has 1 fully saturated rings. The standard InChI is InChI=1S/C14H22N2O5S2/c1-11-9-16(10-14(2,3)21-11)23(19,20)13-7-5-12(6-8-13)22(17,18)15-4/h5-8,11,15H,9-10H2,1-4H3. The van der Waals surface area contributed by atoms with Crippen molar-refractivity contribution in [1.29, 1.82) is 0 Å². The number of rotatable bonds is 4. The molecule has 1 aromatic carbocycles. The first-order valence-electron chi connectivity index (χ1n) is 7.19. The molecule has 9 heteroatoms. The minimum Gasteiger partial charge on any atom is -0.370 e. The lowest BCUT2D eigenvalue weighted by atomic mass is 10.1. The third-order valence-corrected chi connectivity index (χ3v) is 6.83. The van der Waals surface area contributed by atoms with Gasteiger partial charge in [-0.2, -0.15) is 4.31 Å². The number of nitrogens with one attached hydrogen (secondary N) is 1. The van der Waals surface area contributed by atoms with Gasteiger partial charge in [0.05, 0.1) is 21.5 Å². The van der Waals surface area contributed by atoms with Gasteiger partial charge in [-0.25, -0.2) is 21.6 Å². The highest BCUT2D eigenvalue weighted by Crippen LogP contribution is 2.26. The van der Waals surface area contributed by atoms with Crippen molar-refractivity contribution >= 4 is 20.0 Å². The molecule has 2 rings (SSSR count). The summed E-state index contributed by atoms with van der Waals surface area (Å²) in [6.07, 6.45) is -0.211. The van der Waals surface area contributed by atoms with Crippen molar-refractivity contribution in [3.63, 3.8) is 0 Å². The second-order valence-corrected chi connectivity index (χ2v) is 9.99. The first-order chi connectivity index (χ1) is 10.5. The Morgan fingerprint density at radius 1 is 1.13 bits per heavy atom. The van der Waals surface area contributed by atoms with E-state index in [-0.39, 0.29) is 29.0 Å². The molecular weight excluding hydrogens is 340 g/mol. The Morgan fingerprint density at radius 3 is 2.13 bits per heavy atom. The first kappa shape index (κ1) is 18.3. The first-order valence-corrected chi connectivity index (χ1v) is 10.1. The largest absolute Gasteiger partial charge is 0.370 e. The fraction of sp³-hybridized carbons (Fsp3) is 0.571. The van der Waals surface area contributed by atoms with Gasteiger partial charge in [0.1, 0.15) is 0 Å². The molecule has 130 valence electrons. The Kier molecular flexibility index (Phi) is 4.89. The van der Waals surface area contributed by atoms with Gasteiger partial charge >= 0.3 is 0 Å². The van der Waals surface area contributed by atoms with Crippen molar-refractivity contribution in [2.75, 3.05) is 20.1 Å². The van der Waals surface area contributed by atoms with Gasteiger partial charge in [0, 0.05) is 13.1 Å². The molecule has 0 spiro atoms. The van der Waals surface area contributed by atoms with Crippen LogP contribution in [-0.2, 0) is 24.8 Å². The van der Waals surface area contributed by atoms with E-state index in [2.05, 4.69) is 4.72 Å². The summed E-state index contributed by atoms with van der Waals surface area (Å²) in [4.78, 5) is 0.0899. The lowest BCUT2D eigenvalue weighted by molar-refractivity contribution is -0.109. The number of hydrogen-bond acceptors (Lipinski definition) is 5. The van der Waals surface area contributed by atoms with E-state index in [9.17, 15) is 16.8 Å². The third kappa shape index (κ3) is 3.92. The SMILES string of the molecule is CNS(=O)(=O)c1ccc(S(=O)(=O)N2CC(C)OC(C)(C)C2)cc1. The van der Waals surface area contributed by atoms with Crippen molar-refractivity contribution in [3.05, 3.63) is 24.3 Å². The summed E-state index contributed by atoms with van der Waals surface area (Å²) in [6.45, 7) is 6.02. The molecule has 0 amide bonds. The van der Waals surface area contributed by atoms with Crippen molar-refractivity contribution in [2.24, 2.45) is 0 Å². The molecular formula is C14H22N2O5S2. The van der Waals surface area contributed by atoms with Crippen LogP contribution in [0.25, 0.3) is 0 Å². The van der Waals surface area contributed by atoms with Crippen LogP contribution >= 0.6 is 0 Å². The molecule has 1 heterocycles. The van der Waals surface area contributed by atoms with Gasteiger partial charge in [0.25, 0.3) is 0 Å². The lowest BCUT2D eigenvalue weighted by Gasteiger charge is -2.40. The van der Waals surface area contributed by atoms with E-state index in [4.69, 9.17) is 4.74 Å². The van der Waals surface area contributed by atoms with Crippen LogP contribution in [0, 0.1) is 0 Å². The molecule has 1 aromatic rings. The zero-order valence-corrected chi connectivity index (χ0v) is 15.2. The van der Waals surface area contributed by atoms with Crippen LogP contribution < -0.4 is 4.72 Å². The van der Waals surface area contributed by atoms with Crippen LogP contribution in [0.2, 0.25) is 0 Å². The van der Waals surface area contributed by atoms with E-state index >= 15 is 0 Å². The maximum absolute atomic E-state index is 12.8. The molecule has 1 unspecified atom stereocenters. The van der Waals surface area contributed by atoms with E-state index in [1.165, 1.54) is 35.6 Å². The van der Waals surface area contributed by atoms with Crippen LogP contribution in [0.4, 0.5) is 0 Å². The van der Waals surface area contributed by atoms with E-state index in [0.717, 1.165) is 0 Å². The molecule has 0 aromatic heterocycles. The minimum atomic E-state index is -3.70. The second kappa shape index (κ2) is 6.14. The smallest absolute Gasteiger partial charge is 0.243 e. The van der Waals surface area contributed by atoms with Gasteiger partial charge in [-0.1, -0.05) is 0 Å². The van der Waals surface area contributed by atoms with E-state index < -0.39 is 25.6 Å². The number of ether oxygens (including phenoxy) is 1. The zero-order valence-electron chi connectivity index (χ0n) is 13.6. The molecule has 1 N–H and O–H groups in total. The van der Waals surface area contributed by atoms with Gasteiger partial charge in [-0.05, 0) is 52.1 Å². The second-order valence-electron chi connectivity index (χ2n) is 6.16. The molecule has 0 aliphatic carbocycles. The van der Waals surface area contributed by atoms with E-state index in [0.29, 0.717) is 0 Å². The van der Waals surface area contributed by atoms with Gasteiger partial charge < -0.3 is 4.74 Å². The Bertz CT molecular complexity index is 770. The summed E-state index contributed by atoms with van der Waals surface area (Å²) in [5, 5.41) is 0. The Balaban J connectivity index is 2.33. The van der Waals surface area contributed by atoms with Crippen molar-refractivity contribution in [3.8, 4) is 0 Å². The molecule has 1 aliphatic heterocycles. The predicted octanol–water partition coefficient (Wildman–Crippen LogP) is 0.783. The quantitative estimate of drug-likeness (QED) is 0.854. The molecule has 1 saturated heterocycles. The minimum absolute atomic E-state index is 0.0228. The molecule has 0 radical (unpaired) electrons. The number of benzene rings is 1. The average Bonchev–Trinajstić information content (AvgIpc) is 2.45. The maximum Gasteiger partial charge on any atom is 0.243 e. The third-order valence-electron chi connectivity index (χ3n) is 3.58. The summed E-state index contributed by atoms with van der Waals surface area (Å²) >= 11 is 0. The van der Waals surface area contributed by atoms with Crippen LogP contribution in [0.5, 0.6) is 0 Å². The molecule has 1 aliphatic rings. The fourth-order valence-corrected chi connectivity index (χ4v) is 5.03. The van der Waals surface area contributed by atoms with Crippen LogP contribution in [0.1, 0.15) is 20.8 Å². The topological polar surface area (TPSA) is 92.8 Å². The number of nitrogens with zero attached hydrogens (tertiary/aromatic N) is 1. The van der Waals surface area contributed by atoms with E-state index in [1.54, 1.807) is 0 Å². The number of morpholine rings is 1. The Hall–Kier alpha value is -1.00. The summed E-state index contributed by atoms with van der Waals surface area (Å²) in [7, 11) is -5.99. The van der Waals surface area contributed by atoms with Crippen molar-refractivity contribution in [2.45, 2.75) is 42.3 Å². The average molecular weight is 362 g/mol. The molecule has 1 atom stereocenters. The summed E-state index contributed by atoms with van der Waals surface area (Å²) < 4.78 is 58.2. The van der Waals surface area contributed by atoms with E-state index in [1.807, 2.05) is 20.8 Å². The summed E-state index contributed by atoms with van der Waals surface area (Å²) in [5.74, 6) is 0. The highest BCUT2D eigenvalue weighted by atomic mass is 32.2. The fourth-order valence-electron chi connectivity index (χ4n) is 2.64. The summed E-state index contributed by atoms with van der Waals surface area (Å²) in [5.41, 5.74) is -0.569. The zero-order chi connectivity index (χ0) is 17.5. The van der Waals surface area contributed by atoms with Crippen LogP contribution in [0.3, 0.4) is 0 Å². The van der Waals surface area contributed by atoms with Gasteiger partial charge in [-0.3, -0.25) is 0 Å². The highest BCUT2D eigenvalue weighted by Gasteiger charge is 2.37. The van der Waals surface area contributed by atoms with Crippen LogP contribution in [-0.4, -0.2) is 53.0 Å². The van der Waals surface area contributed by atoms with Gasteiger partial charge in [0.15, 0.2) is 0 Å². The maximum atomic E-state index is 12.8. The number of sulfonamides is 2. The normalized spacial score (nSPS) is 22.9. The molecule has 0 saturated carbocycles. The molecule has 0 bridgehead atoms. The predicted molar refractivity (Wildman–Crippen MR) is 86.1 cm³/mol. The van der Waals surface area contributed by atoms with Crippen LogP contribution in [0.15, 0.2) is 34.1 Å². The Labute approximate surface area is 137 Å². The molecule has 23 heavy (non-hydrogen) atoms. The lowest BCUT2D eigenvalue weighted by Crippen LogP contribution is -2.53. The monoisotopic (exact) mass is 362 g/mol. The van der Waals surface area contributed by atoms with Crippen molar-refractivity contribution in [1.82, 2.24) is 9.03 Å². The highest BCUT2D eigenvalue weighted by molar-refractivity contribution is 7.89. The van der Waals surface area contributed by atoms with Gasteiger partial charge in [-0.15, -0.1) is 0 Å².